The van der Waals surface area contributed by atoms with Crippen LogP contribution in [0.15, 0.2) is 36.4 Å². The van der Waals surface area contributed by atoms with Crippen LogP contribution < -0.4 is 4.74 Å². The van der Waals surface area contributed by atoms with Gasteiger partial charge in [0.15, 0.2) is 0 Å². The second-order valence-corrected chi connectivity index (χ2v) is 4.24. The number of hydrogen-bond acceptors (Lipinski definition) is 3. The minimum atomic E-state index is -1.26. The van der Waals surface area contributed by atoms with Crippen molar-refractivity contribution in [1.29, 1.82) is 5.26 Å². The SMILES string of the molecule is N#Cc1cc(Cl)ccc1Oc1cc(F)ccc1C(=O)O. The first-order chi connectivity index (χ1) is 9.51. The lowest BCUT2D eigenvalue weighted by atomic mass is 10.2. The first kappa shape index (κ1) is 13.8. The number of aromatic carboxylic acids is 1. The number of carboxylic acid groups (broad SMARTS) is 1. The minimum absolute atomic E-state index is 0.102. The van der Waals surface area contributed by atoms with Gasteiger partial charge in [0.25, 0.3) is 0 Å². The van der Waals surface area contributed by atoms with Gasteiger partial charge < -0.3 is 9.84 Å². The molecule has 0 saturated carbocycles. The number of hydrogen-bond donors (Lipinski definition) is 1. The molecule has 0 aliphatic carbocycles. The molecule has 0 saturated heterocycles. The number of benzene rings is 2. The average Bonchev–Trinajstić information content (AvgIpc) is 2.40. The molecule has 0 aliphatic heterocycles. The predicted molar refractivity (Wildman–Crippen MR) is 69.6 cm³/mol. The van der Waals surface area contributed by atoms with Crippen LogP contribution in [0.1, 0.15) is 15.9 Å². The van der Waals surface area contributed by atoms with Crippen LogP contribution in [0, 0.1) is 17.1 Å². The smallest absolute Gasteiger partial charge is 0.339 e. The average molecular weight is 292 g/mol. The first-order valence-corrected chi connectivity index (χ1v) is 5.79. The lowest BCUT2D eigenvalue weighted by Crippen LogP contribution is -2.01. The Bertz CT molecular complexity index is 725. The number of halogens is 2. The minimum Gasteiger partial charge on any atom is -0.478 e. The van der Waals surface area contributed by atoms with Gasteiger partial charge in [-0.25, -0.2) is 9.18 Å². The zero-order chi connectivity index (χ0) is 14.7. The molecule has 100 valence electrons. The summed E-state index contributed by atoms with van der Waals surface area (Å²) in [7, 11) is 0. The maximum absolute atomic E-state index is 13.2. The molecule has 0 radical (unpaired) electrons. The molecule has 0 atom stereocenters. The number of nitriles is 1. The van der Waals surface area contributed by atoms with Crippen LogP contribution in [0.3, 0.4) is 0 Å². The molecule has 0 fully saturated rings. The van der Waals surface area contributed by atoms with Gasteiger partial charge in [0.1, 0.15) is 28.9 Å². The Morgan fingerprint density at radius 2 is 2.00 bits per heavy atom. The van der Waals surface area contributed by atoms with Crippen LogP contribution in [0.25, 0.3) is 0 Å². The van der Waals surface area contributed by atoms with Gasteiger partial charge in [0.2, 0.25) is 0 Å². The van der Waals surface area contributed by atoms with Crippen LogP contribution in [0.2, 0.25) is 5.02 Å². The van der Waals surface area contributed by atoms with Crippen LogP contribution in [0.5, 0.6) is 11.5 Å². The fourth-order valence-electron chi connectivity index (χ4n) is 1.55. The third-order valence-electron chi connectivity index (χ3n) is 2.46. The van der Waals surface area contributed by atoms with Gasteiger partial charge in [-0.1, -0.05) is 11.6 Å². The number of carboxylic acids is 1. The summed E-state index contributed by atoms with van der Waals surface area (Å²) in [6, 6.07) is 9.19. The maximum atomic E-state index is 13.2. The molecule has 2 rings (SSSR count). The summed E-state index contributed by atoms with van der Waals surface area (Å²) in [5.41, 5.74) is -0.0802. The highest BCUT2D eigenvalue weighted by molar-refractivity contribution is 6.30. The molecular weight excluding hydrogens is 285 g/mol. The maximum Gasteiger partial charge on any atom is 0.339 e. The van der Waals surface area contributed by atoms with Crippen molar-refractivity contribution in [3.05, 3.63) is 58.4 Å². The molecular formula is C14H7ClFNO3. The van der Waals surface area contributed by atoms with E-state index in [1.165, 1.54) is 18.2 Å². The fraction of sp³-hybridized carbons (Fsp3) is 0. The third kappa shape index (κ3) is 2.87. The van der Waals surface area contributed by atoms with E-state index in [1.54, 1.807) is 0 Å². The molecule has 20 heavy (non-hydrogen) atoms. The second-order valence-electron chi connectivity index (χ2n) is 3.80. The van der Waals surface area contributed by atoms with E-state index in [0.717, 1.165) is 18.2 Å². The number of ether oxygens (including phenoxy) is 1. The van der Waals surface area contributed by atoms with Crippen molar-refractivity contribution >= 4 is 17.6 Å². The summed E-state index contributed by atoms with van der Waals surface area (Å²) in [5, 5.41) is 18.3. The van der Waals surface area contributed by atoms with Crippen molar-refractivity contribution in [3.8, 4) is 17.6 Å². The second kappa shape index (κ2) is 5.59. The summed E-state index contributed by atoms with van der Waals surface area (Å²) in [5.74, 6) is -1.98. The fourth-order valence-corrected chi connectivity index (χ4v) is 1.73. The highest BCUT2D eigenvalue weighted by Gasteiger charge is 2.15. The van der Waals surface area contributed by atoms with E-state index in [1.807, 2.05) is 6.07 Å². The Balaban J connectivity index is 2.47. The van der Waals surface area contributed by atoms with Gasteiger partial charge >= 0.3 is 5.97 Å². The first-order valence-electron chi connectivity index (χ1n) is 5.41. The highest BCUT2D eigenvalue weighted by atomic mass is 35.5. The van der Waals surface area contributed by atoms with Crippen LogP contribution in [0.4, 0.5) is 4.39 Å². The third-order valence-corrected chi connectivity index (χ3v) is 2.69. The zero-order valence-electron chi connectivity index (χ0n) is 9.93. The van der Waals surface area contributed by atoms with Gasteiger partial charge in [-0.15, -0.1) is 0 Å². The summed E-state index contributed by atoms with van der Waals surface area (Å²) in [4.78, 5) is 11.0. The van der Waals surface area contributed by atoms with Gasteiger partial charge in [0.05, 0.1) is 5.56 Å². The van der Waals surface area contributed by atoms with E-state index in [2.05, 4.69) is 0 Å². The molecule has 0 aromatic heterocycles. The van der Waals surface area contributed by atoms with Crippen LogP contribution in [-0.4, -0.2) is 11.1 Å². The van der Waals surface area contributed by atoms with E-state index in [-0.39, 0.29) is 22.6 Å². The van der Waals surface area contributed by atoms with Crippen molar-refractivity contribution in [2.75, 3.05) is 0 Å². The number of nitrogens with zero attached hydrogens (tertiary/aromatic N) is 1. The molecule has 4 nitrogen and oxygen atoms in total. The van der Waals surface area contributed by atoms with Crippen molar-refractivity contribution in [2.24, 2.45) is 0 Å². The van der Waals surface area contributed by atoms with E-state index in [0.29, 0.717) is 5.02 Å². The number of rotatable bonds is 3. The van der Waals surface area contributed by atoms with Gasteiger partial charge in [-0.05, 0) is 30.3 Å². The molecule has 2 aromatic rings. The Kier molecular flexibility index (Phi) is 3.87. The van der Waals surface area contributed by atoms with Crippen molar-refractivity contribution in [2.45, 2.75) is 0 Å². The molecule has 0 unspecified atom stereocenters. The lowest BCUT2D eigenvalue weighted by Gasteiger charge is -2.10. The molecule has 0 aliphatic rings. The highest BCUT2D eigenvalue weighted by Crippen LogP contribution is 2.30. The standard InChI is InChI=1S/C14H7ClFNO3/c15-9-1-4-12(8(5-9)7-17)20-13-6-10(16)2-3-11(13)14(18)19/h1-6H,(H,18,19). The van der Waals surface area contributed by atoms with E-state index in [4.69, 9.17) is 26.7 Å². The predicted octanol–water partition coefficient (Wildman–Crippen LogP) is 3.84. The lowest BCUT2D eigenvalue weighted by molar-refractivity contribution is 0.0694. The summed E-state index contributed by atoms with van der Waals surface area (Å²) in [6.45, 7) is 0. The van der Waals surface area contributed by atoms with Gasteiger partial charge in [-0.2, -0.15) is 5.26 Å². The largest absolute Gasteiger partial charge is 0.478 e. The van der Waals surface area contributed by atoms with Gasteiger partial charge in [0, 0.05) is 11.1 Å². The molecule has 0 heterocycles. The monoisotopic (exact) mass is 291 g/mol. The summed E-state index contributed by atoms with van der Waals surface area (Å²) < 4.78 is 18.5. The van der Waals surface area contributed by atoms with Crippen LogP contribution >= 0.6 is 11.6 Å². The molecule has 0 bridgehead atoms. The Labute approximate surface area is 118 Å². The molecule has 0 amide bonds. The van der Waals surface area contributed by atoms with Crippen molar-refractivity contribution < 1.29 is 19.0 Å². The molecule has 0 spiro atoms. The summed E-state index contributed by atoms with van der Waals surface area (Å²) >= 11 is 5.74. The Hall–Kier alpha value is -2.58. The van der Waals surface area contributed by atoms with Crippen molar-refractivity contribution in [1.82, 2.24) is 0 Å². The zero-order valence-corrected chi connectivity index (χ0v) is 10.7. The van der Waals surface area contributed by atoms with Gasteiger partial charge in [-0.3, -0.25) is 0 Å². The molecule has 2 aromatic carbocycles. The quantitative estimate of drug-likeness (QED) is 0.932. The Morgan fingerprint density at radius 3 is 2.65 bits per heavy atom. The summed E-state index contributed by atoms with van der Waals surface area (Å²) in [6.07, 6.45) is 0. The van der Waals surface area contributed by atoms with E-state index in [9.17, 15) is 9.18 Å². The normalized spacial score (nSPS) is 9.85. The Morgan fingerprint density at radius 1 is 1.25 bits per heavy atom. The topological polar surface area (TPSA) is 70.3 Å². The van der Waals surface area contributed by atoms with Crippen molar-refractivity contribution in [3.63, 3.8) is 0 Å². The molecule has 1 N–H and O–H groups in total. The van der Waals surface area contributed by atoms with E-state index < -0.39 is 11.8 Å². The number of carbonyl (C=O) groups is 1. The van der Waals surface area contributed by atoms with Crippen LogP contribution in [-0.2, 0) is 0 Å². The molecule has 6 heteroatoms. The van der Waals surface area contributed by atoms with E-state index >= 15 is 0 Å².